The van der Waals surface area contributed by atoms with Crippen molar-refractivity contribution < 1.29 is 23.1 Å². The van der Waals surface area contributed by atoms with E-state index in [4.69, 9.17) is 0 Å². The number of ether oxygens (including phenoxy) is 1. The minimum Gasteiger partial charge on any atom is -0.505 e. The molecule has 10 heteroatoms. The predicted octanol–water partition coefficient (Wildman–Crippen LogP) is 3.79. The van der Waals surface area contributed by atoms with Gasteiger partial charge in [-0.3, -0.25) is 4.72 Å². The van der Waals surface area contributed by atoms with Crippen molar-refractivity contribution in [2.24, 2.45) is 10.2 Å². The minimum atomic E-state index is -3.80. The number of phenols is 1. The number of methoxy groups -OCH3 is 1. The lowest BCUT2D eigenvalue weighted by Crippen LogP contribution is -2.13. The molecule has 1 aromatic heterocycles. The van der Waals surface area contributed by atoms with E-state index in [0.29, 0.717) is 5.69 Å². The molecular weight excluding hydrogens is 396 g/mol. The Morgan fingerprint density at radius 2 is 1.79 bits per heavy atom. The van der Waals surface area contributed by atoms with Gasteiger partial charge in [0.25, 0.3) is 10.0 Å². The van der Waals surface area contributed by atoms with E-state index in [-0.39, 0.29) is 27.7 Å². The Bertz CT molecular complexity index is 1150. The molecule has 1 heterocycles. The SMILES string of the molecule is COC(=O)c1cccc(N=Nc2ccc(S(=O)(=O)Nc3ccccn3)cc2)c1O. The molecule has 3 aromatic rings. The number of carbonyl (C=O) groups is 1. The topological polar surface area (TPSA) is 130 Å². The predicted molar refractivity (Wildman–Crippen MR) is 105 cm³/mol. The summed E-state index contributed by atoms with van der Waals surface area (Å²) in [7, 11) is -2.60. The number of anilines is 1. The zero-order valence-corrected chi connectivity index (χ0v) is 16.0. The van der Waals surface area contributed by atoms with Crippen molar-refractivity contribution in [3.63, 3.8) is 0 Å². The van der Waals surface area contributed by atoms with Crippen molar-refractivity contribution >= 4 is 33.2 Å². The Balaban J connectivity index is 1.78. The number of carbonyl (C=O) groups excluding carboxylic acids is 1. The van der Waals surface area contributed by atoms with Gasteiger partial charge in [-0.2, -0.15) is 5.11 Å². The van der Waals surface area contributed by atoms with Gasteiger partial charge in [0.2, 0.25) is 0 Å². The van der Waals surface area contributed by atoms with Crippen LogP contribution in [0.4, 0.5) is 17.2 Å². The summed E-state index contributed by atoms with van der Waals surface area (Å²) in [5.41, 5.74) is 0.386. The van der Waals surface area contributed by atoms with Crippen LogP contribution in [0.25, 0.3) is 0 Å². The molecule has 0 amide bonds. The third kappa shape index (κ3) is 4.74. The number of sulfonamides is 1. The second-order valence-corrected chi connectivity index (χ2v) is 7.36. The van der Waals surface area contributed by atoms with E-state index >= 15 is 0 Å². The van der Waals surface area contributed by atoms with Gasteiger partial charge in [-0.15, -0.1) is 5.11 Å². The lowest BCUT2D eigenvalue weighted by atomic mass is 10.2. The molecule has 9 nitrogen and oxygen atoms in total. The number of aromatic hydroxyl groups is 1. The van der Waals surface area contributed by atoms with Gasteiger partial charge in [-0.25, -0.2) is 18.2 Å². The van der Waals surface area contributed by atoms with Gasteiger partial charge in [0.05, 0.1) is 17.7 Å². The van der Waals surface area contributed by atoms with Crippen LogP contribution in [0.3, 0.4) is 0 Å². The zero-order chi connectivity index (χ0) is 20.9. The highest BCUT2D eigenvalue weighted by molar-refractivity contribution is 7.92. The number of rotatable bonds is 6. The number of nitrogens with one attached hydrogen (secondary N) is 1. The van der Waals surface area contributed by atoms with Crippen LogP contribution < -0.4 is 4.72 Å². The largest absolute Gasteiger partial charge is 0.505 e. The van der Waals surface area contributed by atoms with E-state index in [2.05, 4.69) is 24.7 Å². The minimum absolute atomic E-state index is 0.0256. The summed E-state index contributed by atoms with van der Waals surface area (Å²) in [5.74, 6) is -0.853. The summed E-state index contributed by atoms with van der Waals surface area (Å²) >= 11 is 0. The molecule has 0 fully saturated rings. The van der Waals surface area contributed by atoms with Crippen LogP contribution in [0.1, 0.15) is 10.4 Å². The molecule has 0 aliphatic rings. The van der Waals surface area contributed by atoms with Crippen molar-refractivity contribution in [1.82, 2.24) is 4.98 Å². The van der Waals surface area contributed by atoms with Gasteiger partial charge in [0.1, 0.15) is 17.1 Å². The standard InChI is InChI=1S/C19H16N4O5S/c1-28-19(25)15-5-4-6-16(18(15)24)22-21-13-8-10-14(11-9-13)29(26,27)23-17-7-2-3-12-20-17/h2-12,24H,1H3,(H,20,23). The Hall–Kier alpha value is -3.79. The molecule has 0 radical (unpaired) electrons. The fourth-order valence-electron chi connectivity index (χ4n) is 2.31. The van der Waals surface area contributed by atoms with E-state index in [1.54, 1.807) is 12.1 Å². The number of esters is 1. The first-order chi connectivity index (χ1) is 13.9. The smallest absolute Gasteiger partial charge is 0.341 e. The average Bonchev–Trinajstić information content (AvgIpc) is 2.73. The Kier molecular flexibility index (Phi) is 5.84. The fraction of sp³-hybridized carbons (Fsp3) is 0.0526. The first-order valence-corrected chi connectivity index (χ1v) is 9.75. The van der Waals surface area contributed by atoms with Crippen molar-refractivity contribution in [3.8, 4) is 5.75 Å². The van der Waals surface area contributed by atoms with Gasteiger partial charge in [-0.1, -0.05) is 12.1 Å². The number of phenolic OH excluding ortho intramolecular Hbond substituents is 1. The van der Waals surface area contributed by atoms with Crippen LogP contribution in [0.2, 0.25) is 0 Å². The number of para-hydroxylation sites is 1. The third-order valence-electron chi connectivity index (χ3n) is 3.74. The van der Waals surface area contributed by atoms with E-state index < -0.39 is 16.0 Å². The van der Waals surface area contributed by atoms with Crippen molar-refractivity contribution in [2.45, 2.75) is 4.90 Å². The van der Waals surface area contributed by atoms with E-state index in [9.17, 15) is 18.3 Å². The number of azo groups is 1. The van der Waals surface area contributed by atoms with E-state index in [1.807, 2.05) is 0 Å². The van der Waals surface area contributed by atoms with Crippen LogP contribution in [-0.2, 0) is 14.8 Å². The summed E-state index contributed by atoms with van der Waals surface area (Å²) in [4.78, 5) is 15.6. The molecule has 0 saturated carbocycles. The van der Waals surface area contributed by atoms with E-state index in [0.717, 1.165) is 0 Å². The van der Waals surface area contributed by atoms with Crippen LogP contribution in [0.15, 0.2) is 82.0 Å². The number of hydrogen-bond donors (Lipinski definition) is 2. The summed E-state index contributed by atoms with van der Waals surface area (Å²) in [6.45, 7) is 0. The number of pyridine rings is 1. The summed E-state index contributed by atoms with van der Waals surface area (Å²) < 4.78 is 31.7. The molecule has 0 aliphatic heterocycles. The van der Waals surface area contributed by atoms with Crippen LogP contribution in [0.5, 0.6) is 5.75 Å². The number of aromatic nitrogens is 1. The first-order valence-electron chi connectivity index (χ1n) is 8.26. The molecule has 3 rings (SSSR count). The van der Waals surface area contributed by atoms with Gasteiger partial charge in [0.15, 0.2) is 5.75 Å². The normalized spacial score (nSPS) is 11.3. The third-order valence-corrected chi connectivity index (χ3v) is 5.11. The molecule has 0 atom stereocenters. The van der Waals surface area contributed by atoms with Crippen molar-refractivity contribution in [1.29, 1.82) is 0 Å². The van der Waals surface area contributed by atoms with Crippen molar-refractivity contribution in [2.75, 3.05) is 11.8 Å². The van der Waals surface area contributed by atoms with Crippen LogP contribution in [0, 0.1) is 0 Å². The summed E-state index contributed by atoms with van der Waals surface area (Å²) in [5, 5.41) is 18.0. The van der Waals surface area contributed by atoms with Gasteiger partial charge in [0, 0.05) is 6.20 Å². The number of nitrogens with zero attached hydrogens (tertiary/aromatic N) is 3. The maximum atomic E-state index is 12.4. The molecule has 0 saturated heterocycles. The highest BCUT2D eigenvalue weighted by Crippen LogP contribution is 2.32. The maximum Gasteiger partial charge on any atom is 0.341 e. The molecule has 2 N–H and O–H groups in total. The quantitative estimate of drug-likeness (QED) is 0.468. The fourth-order valence-corrected chi connectivity index (χ4v) is 3.32. The molecule has 29 heavy (non-hydrogen) atoms. The second-order valence-electron chi connectivity index (χ2n) is 5.68. The highest BCUT2D eigenvalue weighted by atomic mass is 32.2. The molecule has 0 spiro atoms. The van der Waals surface area contributed by atoms with E-state index in [1.165, 1.54) is 61.8 Å². The van der Waals surface area contributed by atoms with Gasteiger partial charge >= 0.3 is 5.97 Å². The monoisotopic (exact) mass is 412 g/mol. The number of benzene rings is 2. The molecule has 0 bridgehead atoms. The van der Waals surface area contributed by atoms with Crippen LogP contribution >= 0.6 is 0 Å². The lowest BCUT2D eigenvalue weighted by Gasteiger charge is -2.07. The van der Waals surface area contributed by atoms with Crippen LogP contribution in [-0.4, -0.2) is 31.6 Å². The Morgan fingerprint density at radius 3 is 2.45 bits per heavy atom. The zero-order valence-electron chi connectivity index (χ0n) is 15.2. The molecular formula is C19H16N4O5S. The van der Waals surface area contributed by atoms with Gasteiger partial charge < -0.3 is 9.84 Å². The van der Waals surface area contributed by atoms with Gasteiger partial charge in [-0.05, 0) is 48.5 Å². The first kappa shape index (κ1) is 20.0. The lowest BCUT2D eigenvalue weighted by molar-refractivity contribution is 0.0597. The number of hydrogen-bond acceptors (Lipinski definition) is 8. The maximum absolute atomic E-state index is 12.4. The molecule has 0 aliphatic carbocycles. The molecule has 0 unspecified atom stereocenters. The average molecular weight is 412 g/mol. The summed E-state index contributed by atoms with van der Waals surface area (Å²) in [6.07, 6.45) is 1.48. The summed E-state index contributed by atoms with van der Waals surface area (Å²) in [6, 6.07) is 14.9. The van der Waals surface area contributed by atoms with Crippen molar-refractivity contribution in [3.05, 3.63) is 72.4 Å². The molecule has 148 valence electrons. The molecule has 2 aromatic carbocycles. The highest BCUT2D eigenvalue weighted by Gasteiger charge is 2.15. The second kappa shape index (κ2) is 8.48. The Morgan fingerprint density at radius 1 is 1.03 bits per heavy atom. The Labute approximate surface area is 166 Å².